The van der Waals surface area contributed by atoms with Crippen LogP contribution in [0.5, 0.6) is 0 Å². The number of rotatable bonds is 5. The fourth-order valence-corrected chi connectivity index (χ4v) is 2.41. The number of hydrogen-bond acceptors (Lipinski definition) is 2. The standard InChI is InChI=1S/C15H15BrClNO/c16-13-8-11(6-7-14(13)17)9-18-15(10-19)12-4-2-1-3-5-12/h1-8,15,18-19H,9-10H2. The molecule has 2 rings (SSSR count). The van der Waals surface area contributed by atoms with Gasteiger partial charge in [0.2, 0.25) is 0 Å². The summed E-state index contributed by atoms with van der Waals surface area (Å²) < 4.78 is 0.883. The summed E-state index contributed by atoms with van der Waals surface area (Å²) in [6, 6.07) is 15.7. The van der Waals surface area contributed by atoms with Gasteiger partial charge in [-0.05, 0) is 39.2 Å². The maximum atomic E-state index is 9.46. The van der Waals surface area contributed by atoms with Gasteiger partial charge in [-0.15, -0.1) is 0 Å². The second-order valence-electron chi connectivity index (χ2n) is 4.28. The van der Waals surface area contributed by atoms with E-state index in [0.717, 1.165) is 15.6 Å². The minimum atomic E-state index is -0.0596. The van der Waals surface area contributed by atoms with Gasteiger partial charge in [0.25, 0.3) is 0 Å². The molecule has 1 atom stereocenters. The van der Waals surface area contributed by atoms with Gasteiger partial charge in [0, 0.05) is 11.0 Å². The van der Waals surface area contributed by atoms with Gasteiger partial charge in [-0.3, -0.25) is 0 Å². The van der Waals surface area contributed by atoms with Crippen LogP contribution in [-0.2, 0) is 6.54 Å². The van der Waals surface area contributed by atoms with Gasteiger partial charge in [0.05, 0.1) is 17.7 Å². The molecule has 0 saturated carbocycles. The number of aliphatic hydroxyl groups excluding tert-OH is 1. The van der Waals surface area contributed by atoms with E-state index >= 15 is 0 Å². The molecule has 2 N–H and O–H groups in total. The molecule has 19 heavy (non-hydrogen) atoms. The Morgan fingerprint density at radius 2 is 1.89 bits per heavy atom. The zero-order valence-corrected chi connectivity index (χ0v) is 12.7. The third-order valence-electron chi connectivity index (χ3n) is 2.92. The monoisotopic (exact) mass is 339 g/mol. The van der Waals surface area contributed by atoms with Crippen LogP contribution in [0, 0.1) is 0 Å². The molecule has 2 aromatic carbocycles. The highest BCUT2D eigenvalue weighted by Crippen LogP contribution is 2.23. The average Bonchev–Trinajstić information content (AvgIpc) is 2.44. The lowest BCUT2D eigenvalue weighted by Gasteiger charge is -2.17. The van der Waals surface area contributed by atoms with Gasteiger partial charge in [-0.25, -0.2) is 0 Å². The van der Waals surface area contributed by atoms with Crippen LogP contribution in [0.3, 0.4) is 0 Å². The highest BCUT2D eigenvalue weighted by atomic mass is 79.9. The van der Waals surface area contributed by atoms with Crippen molar-refractivity contribution in [3.63, 3.8) is 0 Å². The molecule has 2 aromatic rings. The number of aliphatic hydroxyl groups is 1. The van der Waals surface area contributed by atoms with Crippen LogP contribution in [0.15, 0.2) is 53.0 Å². The molecule has 0 spiro atoms. The van der Waals surface area contributed by atoms with Crippen molar-refractivity contribution in [3.8, 4) is 0 Å². The maximum absolute atomic E-state index is 9.46. The zero-order chi connectivity index (χ0) is 13.7. The van der Waals surface area contributed by atoms with Crippen LogP contribution in [-0.4, -0.2) is 11.7 Å². The molecule has 0 radical (unpaired) electrons. The van der Waals surface area contributed by atoms with E-state index in [9.17, 15) is 5.11 Å². The molecule has 0 heterocycles. The van der Waals surface area contributed by atoms with Crippen LogP contribution in [0.25, 0.3) is 0 Å². The Kier molecular flexibility index (Phi) is 5.40. The van der Waals surface area contributed by atoms with Gasteiger partial charge in [0.1, 0.15) is 0 Å². The Bertz CT molecular complexity index is 533. The molecule has 4 heteroatoms. The van der Waals surface area contributed by atoms with E-state index in [1.807, 2.05) is 48.5 Å². The van der Waals surface area contributed by atoms with E-state index < -0.39 is 0 Å². The molecule has 0 aliphatic carbocycles. The van der Waals surface area contributed by atoms with Crippen LogP contribution >= 0.6 is 27.5 Å². The summed E-state index contributed by atoms with van der Waals surface area (Å²) in [4.78, 5) is 0. The fraction of sp³-hybridized carbons (Fsp3) is 0.200. The molecule has 0 aromatic heterocycles. The number of benzene rings is 2. The first kappa shape index (κ1) is 14.5. The van der Waals surface area contributed by atoms with Crippen molar-refractivity contribution >= 4 is 27.5 Å². The van der Waals surface area contributed by atoms with Gasteiger partial charge in [-0.2, -0.15) is 0 Å². The van der Waals surface area contributed by atoms with Crippen molar-refractivity contribution in [2.24, 2.45) is 0 Å². The van der Waals surface area contributed by atoms with E-state index in [1.165, 1.54) is 0 Å². The third-order valence-corrected chi connectivity index (χ3v) is 4.14. The van der Waals surface area contributed by atoms with E-state index in [1.54, 1.807) is 0 Å². The summed E-state index contributed by atoms with van der Waals surface area (Å²) in [5, 5.41) is 13.5. The molecule has 0 saturated heterocycles. The third kappa shape index (κ3) is 4.05. The lowest BCUT2D eigenvalue weighted by atomic mass is 10.1. The summed E-state index contributed by atoms with van der Waals surface area (Å²) in [6.07, 6.45) is 0. The van der Waals surface area contributed by atoms with Gasteiger partial charge in [-0.1, -0.05) is 48.0 Å². The topological polar surface area (TPSA) is 32.3 Å². The summed E-state index contributed by atoms with van der Waals surface area (Å²) in [5.74, 6) is 0. The minimum absolute atomic E-state index is 0.0596. The second-order valence-corrected chi connectivity index (χ2v) is 5.54. The smallest absolute Gasteiger partial charge is 0.0626 e. The summed E-state index contributed by atoms with van der Waals surface area (Å²) >= 11 is 9.37. The average molecular weight is 341 g/mol. The molecule has 0 amide bonds. The van der Waals surface area contributed by atoms with Crippen molar-refractivity contribution in [3.05, 3.63) is 69.2 Å². The van der Waals surface area contributed by atoms with Crippen molar-refractivity contribution < 1.29 is 5.11 Å². The van der Waals surface area contributed by atoms with Crippen molar-refractivity contribution in [2.45, 2.75) is 12.6 Å². The van der Waals surface area contributed by atoms with Gasteiger partial charge >= 0.3 is 0 Å². The first-order valence-corrected chi connectivity index (χ1v) is 7.21. The Morgan fingerprint density at radius 3 is 2.53 bits per heavy atom. The Hall–Kier alpha value is -0.870. The first-order valence-electron chi connectivity index (χ1n) is 6.04. The van der Waals surface area contributed by atoms with Crippen LogP contribution < -0.4 is 5.32 Å². The van der Waals surface area contributed by atoms with E-state index in [2.05, 4.69) is 21.2 Å². The van der Waals surface area contributed by atoms with Gasteiger partial charge in [0.15, 0.2) is 0 Å². The van der Waals surface area contributed by atoms with Crippen molar-refractivity contribution in [1.29, 1.82) is 0 Å². The first-order chi connectivity index (χ1) is 9.20. The van der Waals surface area contributed by atoms with Crippen LogP contribution in [0.1, 0.15) is 17.2 Å². The SMILES string of the molecule is OCC(NCc1ccc(Cl)c(Br)c1)c1ccccc1. The van der Waals surface area contributed by atoms with Gasteiger partial charge < -0.3 is 10.4 Å². The van der Waals surface area contributed by atoms with Crippen LogP contribution in [0.4, 0.5) is 0 Å². The summed E-state index contributed by atoms with van der Waals surface area (Å²) in [6.45, 7) is 0.745. The molecule has 1 unspecified atom stereocenters. The van der Waals surface area contributed by atoms with Crippen molar-refractivity contribution in [1.82, 2.24) is 5.32 Å². The second kappa shape index (κ2) is 7.06. The predicted molar refractivity (Wildman–Crippen MR) is 82.3 cm³/mol. The van der Waals surface area contributed by atoms with Crippen LogP contribution in [0.2, 0.25) is 5.02 Å². The Balaban J connectivity index is 2.02. The summed E-state index contributed by atoms with van der Waals surface area (Å²) in [5.41, 5.74) is 2.20. The molecule has 2 nitrogen and oxygen atoms in total. The normalized spacial score (nSPS) is 12.4. The number of halogens is 2. The predicted octanol–water partition coefficient (Wildman–Crippen LogP) is 3.93. The molecule has 0 aliphatic rings. The quantitative estimate of drug-likeness (QED) is 0.864. The largest absolute Gasteiger partial charge is 0.394 e. The molecule has 100 valence electrons. The number of nitrogens with one attached hydrogen (secondary N) is 1. The molecule has 0 fully saturated rings. The van der Waals surface area contributed by atoms with Crippen molar-refractivity contribution in [2.75, 3.05) is 6.61 Å². The fourth-order valence-electron chi connectivity index (χ4n) is 1.86. The van der Waals surface area contributed by atoms with E-state index in [-0.39, 0.29) is 12.6 Å². The lowest BCUT2D eigenvalue weighted by Crippen LogP contribution is -2.23. The highest BCUT2D eigenvalue weighted by Gasteiger charge is 2.09. The Morgan fingerprint density at radius 1 is 1.16 bits per heavy atom. The molecular formula is C15H15BrClNO. The highest BCUT2D eigenvalue weighted by molar-refractivity contribution is 9.10. The maximum Gasteiger partial charge on any atom is 0.0626 e. The zero-order valence-electron chi connectivity index (χ0n) is 10.3. The van der Waals surface area contributed by atoms with E-state index in [0.29, 0.717) is 11.6 Å². The molecule has 0 bridgehead atoms. The molecule has 0 aliphatic heterocycles. The van der Waals surface area contributed by atoms with E-state index in [4.69, 9.17) is 11.6 Å². The summed E-state index contributed by atoms with van der Waals surface area (Å²) in [7, 11) is 0. The lowest BCUT2D eigenvalue weighted by molar-refractivity contribution is 0.243. The number of hydrogen-bond donors (Lipinski definition) is 2. The minimum Gasteiger partial charge on any atom is -0.394 e. The molecular weight excluding hydrogens is 326 g/mol. The Labute approximate surface area is 126 Å².